The van der Waals surface area contributed by atoms with Gasteiger partial charge in [-0.1, -0.05) is 0 Å². The number of likely N-dealkylation sites (N-methyl/N-ethyl adjacent to an activating group) is 1. The van der Waals surface area contributed by atoms with Crippen molar-refractivity contribution in [3.63, 3.8) is 0 Å². The van der Waals surface area contributed by atoms with Crippen molar-refractivity contribution >= 4 is 5.78 Å². The Hall–Kier alpha value is -1.39. The molecule has 4 nitrogen and oxygen atoms in total. The number of carbonyl (C=O) groups is 1. The van der Waals surface area contributed by atoms with E-state index in [1.54, 1.807) is 31.3 Å². The number of nitrogens with one attached hydrogen (secondary N) is 1. The largest absolute Gasteiger partial charge is 0.491 e. The fraction of sp³-hybridized carbons (Fsp3) is 0.364. The number of aliphatic hydroxyl groups excluding tert-OH is 1. The fourth-order valence-electron chi connectivity index (χ4n) is 1.16. The molecule has 0 radical (unpaired) electrons. The zero-order valence-corrected chi connectivity index (χ0v) is 8.69. The van der Waals surface area contributed by atoms with Crippen LogP contribution in [0.2, 0.25) is 0 Å². The van der Waals surface area contributed by atoms with Crippen LogP contribution in [0.15, 0.2) is 24.3 Å². The second-order valence-electron chi connectivity index (χ2n) is 3.05. The first-order valence-corrected chi connectivity index (χ1v) is 4.79. The van der Waals surface area contributed by atoms with Gasteiger partial charge in [-0.2, -0.15) is 0 Å². The predicted molar refractivity (Wildman–Crippen MR) is 57.3 cm³/mol. The van der Waals surface area contributed by atoms with Crippen molar-refractivity contribution < 1.29 is 14.6 Å². The van der Waals surface area contributed by atoms with E-state index in [1.807, 2.05) is 0 Å². The van der Waals surface area contributed by atoms with Crippen LogP contribution in [0.5, 0.6) is 5.75 Å². The lowest BCUT2D eigenvalue weighted by molar-refractivity contribution is 0.0993. The second kappa shape index (κ2) is 6.16. The van der Waals surface area contributed by atoms with Gasteiger partial charge in [-0.05, 0) is 31.3 Å². The molecule has 0 amide bonds. The number of ether oxygens (including phenoxy) is 1. The van der Waals surface area contributed by atoms with Gasteiger partial charge >= 0.3 is 0 Å². The number of rotatable bonds is 6. The predicted octanol–water partition coefficient (Wildman–Crippen LogP) is 0.460. The highest BCUT2D eigenvalue weighted by Crippen LogP contribution is 2.12. The summed E-state index contributed by atoms with van der Waals surface area (Å²) >= 11 is 0. The molecule has 15 heavy (non-hydrogen) atoms. The highest BCUT2D eigenvalue weighted by molar-refractivity contribution is 5.97. The van der Waals surface area contributed by atoms with Gasteiger partial charge in [0.25, 0.3) is 0 Å². The minimum atomic E-state index is -0.0135. The molecular formula is C11H15NO3. The molecule has 0 aliphatic heterocycles. The van der Waals surface area contributed by atoms with Gasteiger partial charge in [0.15, 0.2) is 5.78 Å². The van der Waals surface area contributed by atoms with Crippen molar-refractivity contribution in [3.05, 3.63) is 29.8 Å². The average Bonchev–Trinajstić information content (AvgIpc) is 2.27. The molecule has 0 atom stereocenters. The van der Waals surface area contributed by atoms with Crippen molar-refractivity contribution in [1.29, 1.82) is 0 Å². The molecule has 0 aliphatic rings. The Labute approximate surface area is 88.9 Å². The number of aliphatic hydroxyl groups is 1. The molecule has 0 heterocycles. The summed E-state index contributed by atoms with van der Waals surface area (Å²) in [7, 11) is 1.73. The van der Waals surface area contributed by atoms with Crippen LogP contribution in [0.4, 0.5) is 0 Å². The molecule has 0 bridgehead atoms. The topological polar surface area (TPSA) is 58.6 Å². The van der Waals surface area contributed by atoms with Crippen molar-refractivity contribution in [3.8, 4) is 5.75 Å². The first-order valence-electron chi connectivity index (χ1n) is 4.79. The van der Waals surface area contributed by atoms with Gasteiger partial charge in [0.2, 0.25) is 0 Å². The van der Waals surface area contributed by atoms with Gasteiger partial charge in [0.1, 0.15) is 12.4 Å². The van der Waals surface area contributed by atoms with E-state index < -0.39 is 0 Å². The number of Topliss-reactive ketones (excluding diaryl/α,β-unsaturated/α-hetero) is 1. The van der Waals surface area contributed by atoms with E-state index in [2.05, 4.69) is 5.32 Å². The molecule has 1 rings (SSSR count). The summed E-state index contributed by atoms with van der Waals surface area (Å²) < 4.78 is 5.17. The molecule has 4 heteroatoms. The first-order chi connectivity index (χ1) is 7.27. The summed E-state index contributed by atoms with van der Waals surface area (Å²) in [5.74, 6) is 0.705. The van der Waals surface area contributed by atoms with E-state index in [1.165, 1.54) is 0 Å². The van der Waals surface area contributed by atoms with Gasteiger partial charge in [0.05, 0.1) is 13.2 Å². The standard InChI is InChI=1S/C11H15NO3/c1-12-8-11(14)9-2-4-10(5-3-9)15-7-6-13/h2-5,12-13H,6-8H2,1H3. The fourth-order valence-corrected chi connectivity index (χ4v) is 1.16. The average molecular weight is 209 g/mol. The quantitative estimate of drug-likeness (QED) is 0.668. The van der Waals surface area contributed by atoms with Crippen molar-refractivity contribution in [2.24, 2.45) is 0 Å². The minimum Gasteiger partial charge on any atom is -0.491 e. The zero-order chi connectivity index (χ0) is 11.1. The maximum atomic E-state index is 11.4. The molecule has 0 unspecified atom stereocenters. The molecule has 2 N–H and O–H groups in total. The Morgan fingerprint density at radius 1 is 1.40 bits per heavy atom. The summed E-state index contributed by atoms with van der Waals surface area (Å²) in [5, 5.41) is 11.4. The van der Waals surface area contributed by atoms with E-state index >= 15 is 0 Å². The highest BCUT2D eigenvalue weighted by Gasteiger charge is 2.03. The molecule has 0 spiro atoms. The Morgan fingerprint density at radius 3 is 2.60 bits per heavy atom. The smallest absolute Gasteiger partial charge is 0.176 e. The van der Waals surface area contributed by atoms with Crippen LogP contribution in [0.25, 0.3) is 0 Å². The lowest BCUT2D eigenvalue weighted by atomic mass is 10.1. The van der Waals surface area contributed by atoms with Crippen molar-refractivity contribution in [2.45, 2.75) is 0 Å². The van der Waals surface area contributed by atoms with Crippen LogP contribution in [0.1, 0.15) is 10.4 Å². The van der Waals surface area contributed by atoms with E-state index in [-0.39, 0.29) is 19.0 Å². The Balaban J connectivity index is 2.59. The number of hydrogen-bond donors (Lipinski definition) is 2. The number of ketones is 1. The Bertz CT molecular complexity index is 308. The summed E-state index contributed by atoms with van der Waals surface area (Å²) in [4.78, 5) is 11.4. The molecule has 0 aromatic heterocycles. The van der Waals surface area contributed by atoms with Gasteiger partial charge in [-0.25, -0.2) is 0 Å². The van der Waals surface area contributed by atoms with Crippen molar-refractivity contribution in [1.82, 2.24) is 5.32 Å². The summed E-state index contributed by atoms with van der Waals surface area (Å²) in [5.41, 5.74) is 0.653. The van der Waals surface area contributed by atoms with Crippen LogP contribution in [0.3, 0.4) is 0 Å². The van der Waals surface area contributed by atoms with E-state index in [9.17, 15) is 4.79 Å². The molecule has 1 aromatic carbocycles. The lowest BCUT2D eigenvalue weighted by Crippen LogP contribution is -2.18. The van der Waals surface area contributed by atoms with Crippen LogP contribution < -0.4 is 10.1 Å². The van der Waals surface area contributed by atoms with E-state index in [0.717, 1.165) is 0 Å². The molecular weight excluding hydrogens is 194 g/mol. The molecule has 82 valence electrons. The number of hydrogen-bond acceptors (Lipinski definition) is 4. The van der Waals surface area contributed by atoms with Crippen LogP contribution in [0, 0.1) is 0 Å². The van der Waals surface area contributed by atoms with Gasteiger partial charge in [0, 0.05) is 5.56 Å². The first kappa shape index (κ1) is 11.7. The third-order valence-corrected chi connectivity index (χ3v) is 1.87. The zero-order valence-electron chi connectivity index (χ0n) is 8.69. The summed E-state index contributed by atoms with van der Waals surface area (Å²) in [6, 6.07) is 6.87. The molecule has 0 fully saturated rings. The van der Waals surface area contributed by atoms with Crippen LogP contribution >= 0.6 is 0 Å². The summed E-state index contributed by atoms with van der Waals surface area (Å²) in [6.07, 6.45) is 0. The Kier molecular flexibility index (Phi) is 4.80. The molecule has 0 saturated carbocycles. The number of benzene rings is 1. The monoisotopic (exact) mass is 209 g/mol. The maximum absolute atomic E-state index is 11.4. The highest BCUT2D eigenvalue weighted by atomic mass is 16.5. The molecule has 1 aromatic rings. The lowest BCUT2D eigenvalue weighted by Gasteiger charge is -2.05. The second-order valence-corrected chi connectivity index (χ2v) is 3.05. The third kappa shape index (κ3) is 3.69. The normalized spacial score (nSPS) is 10.0. The Morgan fingerprint density at radius 2 is 2.07 bits per heavy atom. The maximum Gasteiger partial charge on any atom is 0.176 e. The van der Waals surface area contributed by atoms with Gasteiger partial charge in [-0.15, -0.1) is 0 Å². The minimum absolute atomic E-state index is 0.0135. The third-order valence-electron chi connectivity index (χ3n) is 1.87. The molecule has 0 aliphatic carbocycles. The van der Waals surface area contributed by atoms with Gasteiger partial charge < -0.3 is 15.2 Å². The number of carbonyl (C=O) groups excluding carboxylic acids is 1. The van der Waals surface area contributed by atoms with E-state index in [0.29, 0.717) is 17.9 Å². The van der Waals surface area contributed by atoms with Crippen LogP contribution in [-0.4, -0.2) is 37.7 Å². The van der Waals surface area contributed by atoms with E-state index in [4.69, 9.17) is 9.84 Å². The SMILES string of the molecule is CNCC(=O)c1ccc(OCCO)cc1. The molecule has 0 saturated heterocycles. The van der Waals surface area contributed by atoms with Crippen LogP contribution in [-0.2, 0) is 0 Å². The van der Waals surface area contributed by atoms with Gasteiger partial charge in [-0.3, -0.25) is 4.79 Å². The van der Waals surface area contributed by atoms with Crippen molar-refractivity contribution in [2.75, 3.05) is 26.8 Å². The summed E-state index contributed by atoms with van der Waals surface area (Å²) in [6.45, 7) is 0.584.